The van der Waals surface area contributed by atoms with Crippen molar-refractivity contribution < 1.29 is 23.1 Å². The van der Waals surface area contributed by atoms with Gasteiger partial charge >= 0.3 is 0 Å². The van der Waals surface area contributed by atoms with Gasteiger partial charge in [0.1, 0.15) is 16.7 Å². The molecule has 0 bridgehead atoms. The number of ether oxygens (including phenoxy) is 1. The average Bonchev–Trinajstić information content (AvgIpc) is 3.37. The van der Waals surface area contributed by atoms with Crippen molar-refractivity contribution in [3.05, 3.63) is 72.8 Å². The van der Waals surface area contributed by atoms with Gasteiger partial charge in [-0.05, 0) is 48.7 Å². The number of benzene rings is 1. The summed E-state index contributed by atoms with van der Waals surface area (Å²) >= 11 is 0. The number of likely N-dealkylation sites (tertiary alicyclic amines) is 1. The molecular weight excluding hydrogens is 530 g/mol. The molecule has 2 N–H and O–H groups in total. The number of aromatic nitrogens is 2. The van der Waals surface area contributed by atoms with Crippen LogP contribution < -0.4 is 10.1 Å². The summed E-state index contributed by atoms with van der Waals surface area (Å²) in [4.78, 5) is 24.6. The highest BCUT2D eigenvalue weighted by molar-refractivity contribution is 7.89. The summed E-state index contributed by atoms with van der Waals surface area (Å²) in [6, 6.07) is 13.6. The molecule has 1 spiro atoms. The van der Waals surface area contributed by atoms with Crippen LogP contribution in [0.5, 0.6) is 5.75 Å². The van der Waals surface area contributed by atoms with Gasteiger partial charge in [0.05, 0.1) is 18.4 Å². The van der Waals surface area contributed by atoms with E-state index in [2.05, 4.69) is 20.2 Å². The fraction of sp³-hybridized carbons (Fsp3) is 0.414. The average molecular weight is 564 g/mol. The van der Waals surface area contributed by atoms with Gasteiger partial charge in [0.2, 0.25) is 15.9 Å². The molecule has 210 valence electrons. The van der Waals surface area contributed by atoms with E-state index in [1.54, 1.807) is 30.7 Å². The summed E-state index contributed by atoms with van der Waals surface area (Å²) in [5.41, 5.74) is 2.06. The van der Waals surface area contributed by atoms with E-state index in [1.165, 1.54) is 6.07 Å². The lowest BCUT2D eigenvalue weighted by Crippen LogP contribution is -2.59. The van der Waals surface area contributed by atoms with Crippen molar-refractivity contribution in [1.29, 1.82) is 0 Å². The molecule has 0 unspecified atom stereocenters. The zero-order valence-electron chi connectivity index (χ0n) is 22.1. The quantitative estimate of drug-likeness (QED) is 0.497. The largest absolute Gasteiger partial charge is 0.492 e. The standard InChI is InChI=1S/C29H33N5O5S/c35-24-17-25-28(36)32-29(8-13-33(14-9-29)19-23-5-1-2-12-31-23)10-15-39-26-16-21(22-4-3-11-30-18-22)6-7-27(26)40(37,38)34(25)20-24/h1-7,11-12,16,18,24-25,35H,8-10,13-15,17,19-20H2,(H,32,36)/t24-,25+/m1/s1. The third kappa shape index (κ3) is 5.34. The van der Waals surface area contributed by atoms with Crippen LogP contribution in [0, 0.1) is 0 Å². The van der Waals surface area contributed by atoms with E-state index in [0.717, 1.165) is 40.8 Å². The molecule has 2 atom stereocenters. The van der Waals surface area contributed by atoms with E-state index >= 15 is 0 Å². The number of aliphatic hydroxyl groups is 1. The summed E-state index contributed by atoms with van der Waals surface area (Å²) in [5, 5.41) is 13.7. The van der Waals surface area contributed by atoms with Gasteiger partial charge in [0, 0.05) is 68.7 Å². The molecule has 2 aromatic heterocycles. The summed E-state index contributed by atoms with van der Waals surface area (Å²) in [5.74, 6) is -0.132. The minimum absolute atomic E-state index is 0.00632. The number of piperidine rings is 1. The van der Waals surface area contributed by atoms with Crippen molar-refractivity contribution in [2.45, 2.75) is 54.8 Å². The van der Waals surface area contributed by atoms with E-state index in [9.17, 15) is 18.3 Å². The van der Waals surface area contributed by atoms with Gasteiger partial charge in [-0.15, -0.1) is 0 Å². The van der Waals surface area contributed by atoms with Gasteiger partial charge in [-0.1, -0.05) is 18.2 Å². The number of hydrogen-bond acceptors (Lipinski definition) is 8. The SMILES string of the molecule is O=C1NC2(CCOc3cc(-c4cccnc4)ccc3S(=O)(=O)N3C[C@H](O)C[C@@H]13)CCN(Cc1ccccn1)CC2. The summed E-state index contributed by atoms with van der Waals surface area (Å²) < 4.78 is 35.1. The predicted octanol–water partition coefficient (Wildman–Crippen LogP) is 2.20. The Balaban J connectivity index is 1.31. The minimum atomic E-state index is -4.13. The lowest BCUT2D eigenvalue weighted by Gasteiger charge is -2.43. The van der Waals surface area contributed by atoms with Crippen molar-refractivity contribution in [2.75, 3.05) is 26.2 Å². The molecule has 3 aliphatic rings. The topological polar surface area (TPSA) is 125 Å². The first-order valence-electron chi connectivity index (χ1n) is 13.6. The number of pyridine rings is 2. The van der Waals surface area contributed by atoms with Crippen LogP contribution in [0.2, 0.25) is 0 Å². The fourth-order valence-electron chi connectivity index (χ4n) is 5.96. The number of nitrogens with one attached hydrogen (secondary N) is 1. The summed E-state index contributed by atoms with van der Waals surface area (Å²) in [6.45, 7) is 2.34. The van der Waals surface area contributed by atoms with E-state index in [-0.39, 0.29) is 36.1 Å². The highest BCUT2D eigenvalue weighted by Gasteiger charge is 2.47. The molecule has 11 heteroatoms. The van der Waals surface area contributed by atoms with E-state index in [4.69, 9.17) is 4.74 Å². The van der Waals surface area contributed by atoms with Gasteiger partial charge in [0.15, 0.2) is 0 Å². The van der Waals surface area contributed by atoms with Crippen LogP contribution in [0.3, 0.4) is 0 Å². The Hall–Kier alpha value is -3.38. The number of rotatable bonds is 3. The molecule has 0 aliphatic carbocycles. The zero-order chi connectivity index (χ0) is 27.7. The molecule has 2 fully saturated rings. The molecule has 0 radical (unpaired) electrons. The first kappa shape index (κ1) is 26.8. The number of aliphatic hydroxyl groups excluding tert-OH is 1. The van der Waals surface area contributed by atoms with Crippen molar-refractivity contribution >= 4 is 15.9 Å². The minimum Gasteiger partial charge on any atom is -0.492 e. The van der Waals surface area contributed by atoms with Crippen LogP contribution in [-0.4, -0.2) is 82.5 Å². The predicted molar refractivity (Wildman–Crippen MR) is 148 cm³/mol. The number of carbonyl (C=O) groups excluding carboxylic acids is 1. The molecule has 3 aromatic rings. The monoisotopic (exact) mass is 563 g/mol. The third-order valence-corrected chi connectivity index (χ3v) is 10.1. The van der Waals surface area contributed by atoms with Crippen LogP contribution >= 0.6 is 0 Å². The molecule has 3 aliphatic heterocycles. The number of hydrogen-bond donors (Lipinski definition) is 2. The maximum atomic E-state index is 13.9. The second kappa shape index (κ2) is 10.9. The number of amides is 1. The van der Waals surface area contributed by atoms with Crippen LogP contribution in [-0.2, 0) is 21.4 Å². The lowest BCUT2D eigenvalue weighted by atomic mass is 9.84. The Morgan fingerprint density at radius 2 is 1.90 bits per heavy atom. The van der Waals surface area contributed by atoms with Crippen LogP contribution in [0.1, 0.15) is 31.4 Å². The van der Waals surface area contributed by atoms with E-state index in [0.29, 0.717) is 19.3 Å². The molecule has 40 heavy (non-hydrogen) atoms. The molecule has 10 nitrogen and oxygen atoms in total. The van der Waals surface area contributed by atoms with Crippen LogP contribution in [0.25, 0.3) is 11.1 Å². The smallest absolute Gasteiger partial charge is 0.247 e. The lowest BCUT2D eigenvalue weighted by molar-refractivity contribution is -0.127. The van der Waals surface area contributed by atoms with Gasteiger partial charge in [-0.3, -0.25) is 19.7 Å². The Morgan fingerprint density at radius 3 is 2.65 bits per heavy atom. The molecule has 2 saturated heterocycles. The summed E-state index contributed by atoms with van der Waals surface area (Å²) in [6.07, 6.45) is 6.22. The number of carbonyl (C=O) groups is 1. The Labute approximate surface area is 234 Å². The third-order valence-electron chi connectivity index (χ3n) is 8.21. The maximum Gasteiger partial charge on any atom is 0.247 e. The first-order chi connectivity index (χ1) is 19.3. The second-order valence-electron chi connectivity index (χ2n) is 10.8. The Kier molecular flexibility index (Phi) is 7.30. The van der Waals surface area contributed by atoms with Crippen molar-refractivity contribution in [1.82, 2.24) is 24.5 Å². The zero-order valence-corrected chi connectivity index (χ0v) is 23.0. The molecular formula is C29H33N5O5S. The van der Waals surface area contributed by atoms with Gasteiger partial charge < -0.3 is 15.2 Å². The molecule has 0 saturated carbocycles. The van der Waals surface area contributed by atoms with E-state index < -0.39 is 27.7 Å². The van der Waals surface area contributed by atoms with E-state index in [1.807, 2.05) is 30.3 Å². The first-order valence-corrected chi connectivity index (χ1v) is 15.1. The van der Waals surface area contributed by atoms with Gasteiger partial charge in [0.25, 0.3) is 0 Å². The number of nitrogens with zero attached hydrogens (tertiary/aromatic N) is 4. The number of fused-ring (bicyclic) bond motifs is 2. The van der Waals surface area contributed by atoms with Crippen LogP contribution in [0.15, 0.2) is 72.0 Å². The molecule has 5 heterocycles. The highest BCUT2D eigenvalue weighted by Crippen LogP contribution is 2.37. The Morgan fingerprint density at radius 1 is 1.05 bits per heavy atom. The molecule has 1 aromatic carbocycles. The van der Waals surface area contributed by atoms with Crippen molar-refractivity contribution in [3.8, 4) is 16.9 Å². The van der Waals surface area contributed by atoms with Crippen LogP contribution in [0.4, 0.5) is 0 Å². The van der Waals surface area contributed by atoms with Gasteiger partial charge in [-0.2, -0.15) is 4.31 Å². The molecule has 6 rings (SSSR count). The highest BCUT2D eigenvalue weighted by atomic mass is 32.2. The maximum absolute atomic E-state index is 13.9. The van der Waals surface area contributed by atoms with Crippen molar-refractivity contribution in [2.24, 2.45) is 0 Å². The summed E-state index contributed by atoms with van der Waals surface area (Å²) in [7, 11) is -4.13. The fourth-order valence-corrected chi connectivity index (χ4v) is 7.71. The Bertz CT molecular complexity index is 1460. The number of sulfonamides is 1. The van der Waals surface area contributed by atoms with Crippen molar-refractivity contribution in [3.63, 3.8) is 0 Å². The normalized spacial score (nSPS) is 24.8. The van der Waals surface area contributed by atoms with Gasteiger partial charge in [-0.25, -0.2) is 8.42 Å². The second-order valence-corrected chi connectivity index (χ2v) is 12.7. The molecule has 1 amide bonds.